The minimum Gasteiger partial charge on any atom is -0.326 e. The van der Waals surface area contributed by atoms with Crippen LogP contribution in [0, 0.1) is 0 Å². The minimum atomic E-state index is 0.547. The van der Waals surface area contributed by atoms with Gasteiger partial charge in [-0.1, -0.05) is 29.5 Å². The molecule has 0 aliphatic heterocycles. The lowest BCUT2D eigenvalue weighted by atomic mass is 10.1. The summed E-state index contributed by atoms with van der Waals surface area (Å²) < 4.78 is 1.90. The number of benzene rings is 1. The quantitative estimate of drug-likeness (QED) is 0.792. The van der Waals surface area contributed by atoms with Crippen LogP contribution >= 0.6 is 11.3 Å². The fourth-order valence-electron chi connectivity index (χ4n) is 2.18. The standard InChI is InChI=1S/C13H13N5S/c14-7-8-2-1-3-10(6-8)12-17-18-11(9-4-5-9)15-16-13(18)19-12/h1-3,6,9H,4-5,7,14H2. The predicted octanol–water partition coefficient (Wildman–Crippen LogP) is 2.19. The van der Waals surface area contributed by atoms with Crippen LogP contribution in [0.3, 0.4) is 0 Å². The molecule has 2 heterocycles. The maximum atomic E-state index is 5.68. The lowest BCUT2D eigenvalue weighted by molar-refractivity contribution is 0.828. The largest absolute Gasteiger partial charge is 0.326 e. The van der Waals surface area contributed by atoms with Gasteiger partial charge >= 0.3 is 0 Å². The Morgan fingerprint density at radius 1 is 1.32 bits per heavy atom. The zero-order valence-electron chi connectivity index (χ0n) is 10.3. The van der Waals surface area contributed by atoms with Crippen molar-refractivity contribution < 1.29 is 0 Å². The van der Waals surface area contributed by atoms with E-state index in [1.807, 2.05) is 16.6 Å². The Morgan fingerprint density at radius 2 is 2.21 bits per heavy atom. The maximum absolute atomic E-state index is 5.68. The van der Waals surface area contributed by atoms with Gasteiger partial charge in [-0.2, -0.15) is 9.61 Å². The number of rotatable bonds is 3. The van der Waals surface area contributed by atoms with Crippen LogP contribution in [0.15, 0.2) is 24.3 Å². The van der Waals surface area contributed by atoms with E-state index in [-0.39, 0.29) is 0 Å². The van der Waals surface area contributed by atoms with E-state index in [9.17, 15) is 0 Å². The fraction of sp³-hybridized carbons (Fsp3) is 0.308. The summed E-state index contributed by atoms with van der Waals surface area (Å²) in [7, 11) is 0. The van der Waals surface area contributed by atoms with E-state index >= 15 is 0 Å². The highest BCUT2D eigenvalue weighted by Gasteiger charge is 2.30. The van der Waals surface area contributed by atoms with Crippen LogP contribution < -0.4 is 5.73 Å². The van der Waals surface area contributed by atoms with E-state index in [1.54, 1.807) is 11.3 Å². The summed E-state index contributed by atoms with van der Waals surface area (Å²) in [6.45, 7) is 0.547. The predicted molar refractivity (Wildman–Crippen MR) is 74.0 cm³/mol. The third-order valence-electron chi connectivity index (χ3n) is 3.37. The molecule has 1 aliphatic carbocycles. The molecule has 0 saturated heterocycles. The zero-order valence-corrected chi connectivity index (χ0v) is 11.1. The Bertz CT molecular complexity index is 740. The van der Waals surface area contributed by atoms with Gasteiger partial charge in [0.25, 0.3) is 0 Å². The van der Waals surface area contributed by atoms with Crippen LogP contribution in [-0.2, 0) is 6.54 Å². The average Bonchev–Trinajstić information content (AvgIpc) is 3.07. The first kappa shape index (κ1) is 11.1. The van der Waals surface area contributed by atoms with Crippen LogP contribution in [0.25, 0.3) is 15.5 Å². The first-order chi connectivity index (χ1) is 9.35. The van der Waals surface area contributed by atoms with Gasteiger partial charge in [0.1, 0.15) is 5.01 Å². The van der Waals surface area contributed by atoms with E-state index in [0.717, 1.165) is 26.9 Å². The van der Waals surface area contributed by atoms with Crippen molar-refractivity contribution in [1.29, 1.82) is 0 Å². The van der Waals surface area contributed by atoms with Gasteiger partial charge in [-0.25, -0.2) is 0 Å². The van der Waals surface area contributed by atoms with E-state index in [4.69, 9.17) is 5.73 Å². The topological polar surface area (TPSA) is 69.1 Å². The Balaban J connectivity index is 1.81. The molecule has 1 saturated carbocycles. The number of hydrogen-bond acceptors (Lipinski definition) is 5. The van der Waals surface area contributed by atoms with E-state index in [2.05, 4.69) is 27.4 Å². The molecule has 0 radical (unpaired) electrons. The molecule has 5 nitrogen and oxygen atoms in total. The van der Waals surface area contributed by atoms with E-state index in [0.29, 0.717) is 12.5 Å². The van der Waals surface area contributed by atoms with Gasteiger partial charge in [0.05, 0.1) is 0 Å². The molecule has 19 heavy (non-hydrogen) atoms. The highest BCUT2D eigenvalue weighted by atomic mass is 32.1. The van der Waals surface area contributed by atoms with Crippen LogP contribution in [0.5, 0.6) is 0 Å². The summed E-state index contributed by atoms with van der Waals surface area (Å²) >= 11 is 1.57. The molecule has 96 valence electrons. The molecule has 1 aromatic carbocycles. The lowest BCUT2D eigenvalue weighted by Crippen LogP contribution is -1.96. The third kappa shape index (κ3) is 1.84. The van der Waals surface area contributed by atoms with Crippen molar-refractivity contribution in [3.8, 4) is 10.6 Å². The van der Waals surface area contributed by atoms with E-state index in [1.165, 1.54) is 12.8 Å². The number of nitrogens with zero attached hydrogens (tertiary/aromatic N) is 4. The van der Waals surface area contributed by atoms with Gasteiger partial charge in [-0.05, 0) is 24.5 Å². The van der Waals surface area contributed by atoms with Gasteiger partial charge < -0.3 is 5.73 Å². The first-order valence-electron chi connectivity index (χ1n) is 6.36. The Labute approximate surface area is 114 Å². The molecule has 0 bridgehead atoms. The molecular formula is C13H13N5S. The summed E-state index contributed by atoms with van der Waals surface area (Å²) in [5.74, 6) is 1.56. The molecule has 4 rings (SSSR count). The summed E-state index contributed by atoms with van der Waals surface area (Å²) in [5.41, 5.74) is 7.89. The van der Waals surface area contributed by atoms with Gasteiger partial charge in [0.15, 0.2) is 5.82 Å². The van der Waals surface area contributed by atoms with E-state index < -0.39 is 0 Å². The van der Waals surface area contributed by atoms with Crippen LogP contribution in [0.2, 0.25) is 0 Å². The highest BCUT2D eigenvalue weighted by Crippen LogP contribution is 2.39. The second-order valence-electron chi connectivity index (χ2n) is 4.84. The Kier molecular flexibility index (Phi) is 2.39. The zero-order chi connectivity index (χ0) is 12.8. The van der Waals surface area contributed by atoms with Crippen molar-refractivity contribution >= 4 is 16.3 Å². The van der Waals surface area contributed by atoms with Crippen molar-refractivity contribution in [3.05, 3.63) is 35.7 Å². The molecule has 0 spiro atoms. The van der Waals surface area contributed by atoms with Gasteiger partial charge in [0, 0.05) is 18.0 Å². The minimum absolute atomic E-state index is 0.547. The maximum Gasteiger partial charge on any atom is 0.234 e. The number of fused-ring (bicyclic) bond motifs is 1. The molecule has 0 atom stereocenters. The first-order valence-corrected chi connectivity index (χ1v) is 7.18. The fourth-order valence-corrected chi connectivity index (χ4v) is 3.02. The summed E-state index contributed by atoms with van der Waals surface area (Å²) in [5, 5.41) is 14.1. The van der Waals surface area contributed by atoms with Crippen LogP contribution in [0.1, 0.15) is 30.1 Å². The van der Waals surface area contributed by atoms with Crippen molar-refractivity contribution in [2.75, 3.05) is 0 Å². The second-order valence-corrected chi connectivity index (χ2v) is 5.79. The molecule has 0 unspecified atom stereocenters. The molecule has 2 N–H and O–H groups in total. The van der Waals surface area contributed by atoms with Crippen molar-refractivity contribution in [2.24, 2.45) is 5.73 Å². The highest BCUT2D eigenvalue weighted by molar-refractivity contribution is 7.19. The molecule has 2 aromatic heterocycles. The average molecular weight is 271 g/mol. The molecule has 1 fully saturated rings. The lowest BCUT2D eigenvalue weighted by Gasteiger charge is -1.99. The van der Waals surface area contributed by atoms with Gasteiger partial charge in [-0.3, -0.25) is 0 Å². The normalized spacial score (nSPS) is 15.2. The van der Waals surface area contributed by atoms with Gasteiger partial charge in [-0.15, -0.1) is 10.2 Å². The van der Waals surface area contributed by atoms with Gasteiger partial charge in [0.2, 0.25) is 4.96 Å². The Hall–Kier alpha value is -1.79. The van der Waals surface area contributed by atoms with Crippen molar-refractivity contribution in [3.63, 3.8) is 0 Å². The van der Waals surface area contributed by atoms with Crippen molar-refractivity contribution in [1.82, 2.24) is 19.8 Å². The molecule has 1 aliphatic rings. The number of nitrogens with two attached hydrogens (primary N) is 1. The summed E-state index contributed by atoms with van der Waals surface area (Å²) in [6.07, 6.45) is 2.41. The SMILES string of the molecule is NCc1cccc(-c2nn3c(C4CC4)nnc3s2)c1. The smallest absolute Gasteiger partial charge is 0.234 e. The third-order valence-corrected chi connectivity index (χ3v) is 4.31. The number of hydrogen-bond donors (Lipinski definition) is 1. The number of aromatic nitrogens is 4. The monoisotopic (exact) mass is 271 g/mol. The van der Waals surface area contributed by atoms with Crippen molar-refractivity contribution in [2.45, 2.75) is 25.3 Å². The molecule has 0 amide bonds. The van der Waals surface area contributed by atoms with Crippen LogP contribution in [0.4, 0.5) is 0 Å². The molecule has 3 aromatic rings. The molecule has 6 heteroatoms. The summed E-state index contributed by atoms with van der Waals surface area (Å²) in [4.78, 5) is 0.870. The second kappa shape index (κ2) is 4.11. The summed E-state index contributed by atoms with van der Waals surface area (Å²) in [6, 6.07) is 8.19. The van der Waals surface area contributed by atoms with Crippen LogP contribution in [-0.4, -0.2) is 19.8 Å². The molecular weight excluding hydrogens is 258 g/mol. The Morgan fingerprint density at radius 3 is 3.00 bits per heavy atom.